The van der Waals surface area contributed by atoms with Crippen LogP contribution in [-0.2, 0) is 16.0 Å². The molecule has 0 radical (unpaired) electrons. The lowest BCUT2D eigenvalue weighted by Gasteiger charge is -2.11. The van der Waals surface area contributed by atoms with Crippen LogP contribution in [0.1, 0.15) is 25.3 Å². The molecule has 0 aliphatic rings. The van der Waals surface area contributed by atoms with Crippen molar-refractivity contribution in [2.45, 2.75) is 26.2 Å². The molecule has 0 aliphatic heterocycles. The zero-order valence-electron chi connectivity index (χ0n) is 11.2. The third kappa shape index (κ3) is 5.77. The van der Waals surface area contributed by atoms with Gasteiger partial charge in [0.25, 0.3) is 0 Å². The first-order chi connectivity index (χ1) is 9.38. The van der Waals surface area contributed by atoms with Crippen LogP contribution in [0.3, 0.4) is 0 Å². The van der Waals surface area contributed by atoms with Gasteiger partial charge in [0.1, 0.15) is 11.6 Å². The summed E-state index contributed by atoms with van der Waals surface area (Å²) in [4.78, 5) is 22.0. The maximum Gasteiger partial charge on any atom is 0.303 e. The average Bonchev–Trinajstić information content (AvgIpc) is 2.37. The fraction of sp³-hybridized carbons (Fsp3) is 0.429. The first-order valence-electron chi connectivity index (χ1n) is 6.31. The number of rotatable bonds is 7. The van der Waals surface area contributed by atoms with E-state index in [1.54, 1.807) is 0 Å². The predicted octanol–water partition coefficient (Wildman–Crippen LogP) is 2.12. The van der Waals surface area contributed by atoms with E-state index < -0.39 is 17.6 Å². The van der Waals surface area contributed by atoms with Crippen molar-refractivity contribution in [2.75, 3.05) is 6.54 Å². The fourth-order valence-corrected chi connectivity index (χ4v) is 1.66. The van der Waals surface area contributed by atoms with E-state index in [9.17, 15) is 18.4 Å². The summed E-state index contributed by atoms with van der Waals surface area (Å²) >= 11 is 0. The molecule has 0 fully saturated rings. The summed E-state index contributed by atoms with van der Waals surface area (Å²) in [6.45, 7) is 2.15. The van der Waals surface area contributed by atoms with E-state index in [0.29, 0.717) is 13.0 Å². The predicted molar refractivity (Wildman–Crippen MR) is 69.1 cm³/mol. The molecular formula is C14H17F2NO3. The Labute approximate surface area is 115 Å². The Kier molecular flexibility index (Phi) is 6.09. The molecule has 0 saturated carbocycles. The normalized spacial score (nSPS) is 11.9. The smallest absolute Gasteiger partial charge is 0.303 e. The number of carboxylic acids is 1. The maximum absolute atomic E-state index is 13.3. The van der Waals surface area contributed by atoms with Crippen molar-refractivity contribution in [1.82, 2.24) is 5.32 Å². The molecule has 2 N–H and O–H groups in total. The van der Waals surface area contributed by atoms with Gasteiger partial charge in [0, 0.05) is 19.0 Å². The molecule has 0 saturated heterocycles. The Morgan fingerprint density at radius 1 is 1.35 bits per heavy atom. The molecule has 0 spiro atoms. The van der Waals surface area contributed by atoms with Gasteiger partial charge in [-0.1, -0.05) is 13.0 Å². The second-order valence-electron chi connectivity index (χ2n) is 4.75. The number of halogens is 2. The molecule has 0 bridgehead atoms. The van der Waals surface area contributed by atoms with Gasteiger partial charge in [-0.15, -0.1) is 0 Å². The molecule has 1 aromatic carbocycles. The minimum atomic E-state index is -0.878. The molecule has 110 valence electrons. The maximum atomic E-state index is 13.3. The third-order valence-corrected chi connectivity index (χ3v) is 2.86. The van der Waals surface area contributed by atoms with Gasteiger partial charge in [-0.05, 0) is 24.0 Å². The van der Waals surface area contributed by atoms with Crippen LogP contribution >= 0.6 is 0 Å². The second-order valence-corrected chi connectivity index (χ2v) is 4.75. The Bertz CT molecular complexity index is 491. The van der Waals surface area contributed by atoms with Gasteiger partial charge in [0.15, 0.2) is 0 Å². The highest BCUT2D eigenvalue weighted by Gasteiger charge is 2.11. The van der Waals surface area contributed by atoms with E-state index >= 15 is 0 Å². The van der Waals surface area contributed by atoms with Crippen LogP contribution in [0.25, 0.3) is 0 Å². The van der Waals surface area contributed by atoms with Crippen LogP contribution in [0.4, 0.5) is 8.78 Å². The van der Waals surface area contributed by atoms with Gasteiger partial charge in [-0.2, -0.15) is 0 Å². The average molecular weight is 285 g/mol. The molecular weight excluding hydrogens is 268 g/mol. The number of amides is 1. The van der Waals surface area contributed by atoms with E-state index in [0.717, 1.165) is 12.1 Å². The van der Waals surface area contributed by atoms with Gasteiger partial charge < -0.3 is 10.4 Å². The van der Waals surface area contributed by atoms with Gasteiger partial charge in [0.05, 0.1) is 6.42 Å². The lowest BCUT2D eigenvalue weighted by atomic mass is 10.1. The Morgan fingerprint density at radius 3 is 2.65 bits per heavy atom. The topological polar surface area (TPSA) is 66.4 Å². The number of carbonyl (C=O) groups excluding carboxylic acids is 1. The zero-order valence-corrected chi connectivity index (χ0v) is 11.2. The van der Waals surface area contributed by atoms with Crippen molar-refractivity contribution < 1.29 is 23.5 Å². The molecule has 0 aliphatic carbocycles. The zero-order chi connectivity index (χ0) is 15.1. The molecule has 6 heteroatoms. The highest BCUT2D eigenvalue weighted by Crippen LogP contribution is 2.10. The summed E-state index contributed by atoms with van der Waals surface area (Å²) in [6, 6.07) is 3.07. The van der Waals surface area contributed by atoms with Crippen LogP contribution in [0.15, 0.2) is 18.2 Å². The van der Waals surface area contributed by atoms with E-state index in [4.69, 9.17) is 5.11 Å². The number of hydrogen-bond donors (Lipinski definition) is 2. The van der Waals surface area contributed by atoms with Crippen molar-refractivity contribution in [3.8, 4) is 0 Å². The van der Waals surface area contributed by atoms with Crippen LogP contribution in [0.2, 0.25) is 0 Å². The number of nitrogens with one attached hydrogen (secondary N) is 1. The fourth-order valence-electron chi connectivity index (χ4n) is 1.66. The first-order valence-corrected chi connectivity index (χ1v) is 6.31. The summed E-state index contributed by atoms with van der Waals surface area (Å²) in [6.07, 6.45) is 0.335. The lowest BCUT2D eigenvalue weighted by molar-refractivity contribution is -0.137. The number of aliphatic carboxylic acids is 1. The van der Waals surface area contributed by atoms with Gasteiger partial charge in [0.2, 0.25) is 5.91 Å². The summed E-state index contributed by atoms with van der Waals surface area (Å²) in [5.74, 6) is -2.67. The van der Waals surface area contributed by atoms with E-state index in [1.807, 2.05) is 6.92 Å². The molecule has 0 heterocycles. The summed E-state index contributed by atoms with van der Waals surface area (Å²) in [5.41, 5.74) is 0.127. The van der Waals surface area contributed by atoms with E-state index in [1.165, 1.54) is 6.07 Å². The van der Waals surface area contributed by atoms with Crippen molar-refractivity contribution >= 4 is 11.9 Å². The Morgan fingerprint density at radius 2 is 2.05 bits per heavy atom. The van der Waals surface area contributed by atoms with Crippen molar-refractivity contribution in [3.63, 3.8) is 0 Å². The molecule has 4 nitrogen and oxygen atoms in total. The molecule has 1 atom stereocenters. The van der Waals surface area contributed by atoms with Gasteiger partial charge in [-0.25, -0.2) is 8.78 Å². The quantitative estimate of drug-likeness (QED) is 0.806. The Hall–Kier alpha value is -1.98. The number of carbonyl (C=O) groups is 2. The highest BCUT2D eigenvalue weighted by molar-refractivity contribution is 5.78. The van der Waals surface area contributed by atoms with Crippen LogP contribution in [0, 0.1) is 17.6 Å². The SMILES string of the molecule is CC(CCC(=O)O)CNC(=O)Cc1ccc(F)cc1F. The lowest BCUT2D eigenvalue weighted by Crippen LogP contribution is -2.30. The van der Waals surface area contributed by atoms with Crippen molar-refractivity contribution in [2.24, 2.45) is 5.92 Å². The highest BCUT2D eigenvalue weighted by atomic mass is 19.1. The van der Waals surface area contributed by atoms with Crippen LogP contribution < -0.4 is 5.32 Å². The van der Waals surface area contributed by atoms with Gasteiger partial charge >= 0.3 is 5.97 Å². The molecule has 20 heavy (non-hydrogen) atoms. The van der Waals surface area contributed by atoms with Crippen LogP contribution in [-0.4, -0.2) is 23.5 Å². The van der Waals surface area contributed by atoms with Gasteiger partial charge in [-0.3, -0.25) is 9.59 Å². The molecule has 0 aromatic heterocycles. The van der Waals surface area contributed by atoms with Crippen molar-refractivity contribution in [1.29, 1.82) is 0 Å². The molecule has 1 aromatic rings. The Balaban J connectivity index is 2.38. The van der Waals surface area contributed by atoms with Crippen LogP contribution in [0.5, 0.6) is 0 Å². The summed E-state index contributed by atoms with van der Waals surface area (Å²) in [7, 11) is 0. The number of benzene rings is 1. The summed E-state index contributed by atoms with van der Waals surface area (Å²) < 4.78 is 26.0. The first kappa shape index (κ1) is 16.1. The number of carboxylic acid groups (broad SMARTS) is 1. The largest absolute Gasteiger partial charge is 0.481 e. The summed E-state index contributed by atoms with van der Waals surface area (Å²) in [5, 5.41) is 11.1. The molecule has 1 amide bonds. The minimum Gasteiger partial charge on any atom is -0.481 e. The molecule has 1 unspecified atom stereocenters. The van der Waals surface area contributed by atoms with E-state index in [-0.39, 0.29) is 30.2 Å². The monoisotopic (exact) mass is 285 g/mol. The standard InChI is InChI=1S/C14H17F2NO3/c1-9(2-5-14(19)20)8-17-13(18)6-10-3-4-11(15)7-12(10)16/h3-4,7,9H,2,5-6,8H2,1H3,(H,17,18)(H,19,20). The minimum absolute atomic E-state index is 0.0214. The van der Waals surface area contributed by atoms with Crippen molar-refractivity contribution in [3.05, 3.63) is 35.4 Å². The van der Waals surface area contributed by atoms with E-state index in [2.05, 4.69) is 5.32 Å². The third-order valence-electron chi connectivity index (χ3n) is 2.86. The molecule has 1 rings (SSSR count). The number of hydrogen-bond acceptors (Lipinski definition) is 2. The second kappa shape index (κ2) is 7.57.